The number of aromatic nitrogens is 3. The molecule has 3 rings (SSSR count). The van der Waals surface area contributed by atoms with E-state index in [1.807, 2.05) is 30.5 Å². The highest BCUT2D eigenvalue weighted by molar-refractivity contribution is 9.10. The highest BCUT2D eigenvalue weighted by atomic mass is 79.9. The first-order valence-electron chi connectivity index (χ1n) is 4.89. The van der Waals surface area contributed by atoms with Gasteiger partial charge in [0, 0.05) is 5.56 Å². The van der Waals surface area contributed by atoms with Crippen molar-refractivity contribution in [2.24, 2.45) is 0 Å². The van der Waals surface area contributed by atoms with E-state index < -0.39 is 0 Å². The fourth-order valence-electron chi connectivity index (χ4n) is 1.64. The number of nitrogens with zero attached hydrogens (tertiary/aromatic N) is 3. The van der Waals surface area contributed by atoms with E-state index in [1.54, 1.807) is 10.7 Å². The molecule has 16 heavy (non-hydrogen) atoms. The lowest BCUT2D eigenvalue weighted by Gasteiger charge is -2.01. The normalized spacial score (nSPS) is 10.8. The minimum Gasteiger partial charge on any atom is -0.234 e. The fourth-order valence-corrected chi connectivity index (χ4v) is 2.01. The number of imidazole rings is 1. The Kier molecular flexibility index (Phi) is 2.22. The van der Waals surface area contributed by atoms with E-state index in [-0.39, 0.29) is 0 Å². The van der Waals surface area contributed by atoms with Crippen LogP contribution >= 0.6 is 15.9 Å². The van der Waals surface area contributed by atoms with Crippen molar-refractivity contribution in [1.29, 1.82) is 0 Å². The van der Waals surface area contributed by atoms with Gasteiger partial charge < -0.3 is 0 Å². The Labute approximate surface area is 101 Å². The number of benzene rings is 1. The van der Waals surface area contributed by atoms with Crippen molar-refractivity contribution in [3.8, 4) is 11.1 Å². The van der Waals surface area contributed by atoms with Gasteiger partial charge in [-0.25, -0.2) is 9.50 Å². The molecule has 0 radical (unpaired) electrons. The lowest BCUT2D eigenvalue weighted by Crippen LogP contribution is -1.91. The highest BCUT2D eigenvalue weighted by Crippen LogP contribution is 2.20. The largest absolute Gasteiger partial charge is 0.234 e. The first kappa shape index (κ1) is 9.54. The van der Waals surface area contributed by atoms with Crippen LogP contribution in [0.4, 0.5) is 0 Å². The van der Waals surface area contributed by atoms with Crippen LogP contribution in [0.5, 0.6) is 0 Å². The van der Waals surface area contributed by atoms with Crippen LogP contribution in [0.25, 0.3) is 16.8 Å². The molecular weight excluding hydrogens is 266 g/mol. The average molecular weight is 274 g/mol. The Morgan fingerprint density at radius 2 is 1.81 bits per heavy atom. The van der Waals surface area contributed by atoms with E-state index in [4.69, 9.17) is 0 Å². The highest BCUT2D eigenvalue weighted by Gasteiger charge is 2.03. The summed E-state index contributed by atoms with van der Waals surface area (Å²) < 4.78 is 2.62. The molecule has 4 heteroatoms. The van der Waals surface area contributed by atoms with Gasteiger partial charge in [0.05, 0.1) is 12.4 Å². The molecule has 3 aromatic rings. The molecule has 0 unspecified atom stereocenters. The predicted molar refractivity (Wildman–Crippen MR) is 66.1 cm³/mol. The second-order valence-corrected chi connectivity index (χ2v) is 4.27. The summed E-state index contributed by atoms with van der Waals surface area (Å²) in [7, 11) is 0. The van der Waals surface area contributed by atoms with Gasteiger partial charge in [0.1, 0.15) is 4.60 Å². The summed E-state index contributed by atoms with van der Waals surface area (Å²) in [5, 5.41) is 4.32. The molecule has 2 heterocycles. The molecule has 78 valence electrons. The van der Waals surface area contributed by atoms with E-state index in [0.29, 0.717) is 0 Å². The molecule has 1 aromatic carbocycles. The summed E-state index contributed by atoms with van der Waals surface area (Å²) in [4.78, 5) is 4.26. The second-order valence-electron chi connectivity index (χ2n) is 3.46. The summed E-state index contributed by atoms with van der Waals surface area (Å²) in [6.45, 7) is 0. The van der Waals surface area contributed by atoms with Crippen LogP contribution in [0.1, 0.15) is 0 Å². The summed E-state index contributed by atoms with van der Waals surface area (Å²) in [5.74, 6) is 0. The predicted octanol–water partition coefficient (Wildman–Crippen LogP) is 3.16. The lowest BCUT2D eigenvalue weighted by atomic mass is 10.1. The van der Waals surface area contributed by atoms with Crippen molar-refractivity contribution in [2.75, 3.05) is 0 Å². The number of halogens is 1. The second kappa shape index (κ2) is 3.72. The molecule has 0 N–H and O–H groups in total. The van der Waals surface area contributed by atoms with Gasteiger partial charge in [-0.15, -0.1) is 0 Å². The molecule has 0 aliphatic carbocycles. The first-order chi connectivity index (χ1) is 7.84. The third-order valence-electron chi connectivity index (χ3n) is 2.43. The van der Waals surface area contributed by atoms with Crippen molar-refractivity contribution < 1.29 is 0 Å². The topological polar surface area (TPSA) is 30.2 Å². The maximum absolute atomic E-state index is 4.32. The minimum absolute atomic E-state index is 0.841. The van der Waals surface area contributed by atoms with E-state index >= 15 is 0 Å². The smallest absolute Gasteiger partial charge is 0.155 e. The van der Waals surface area contributed by atoms with Crippen molar-refractivity contribution >= 4 is 21.6 Å². The van der Waals surface area contributed by atoms with E-state index in [1.165, 1.54) is 0 Å². The van der Waals surface area contributed by atoms with Crippen molar-refractivity contribution in [3.05, 3.63) is 53.4 Å². The molecule has 0 bridgehead atoms. The van der Waals surface area contributed by atoms with Gasteiger partial charge in [0.25, 0.3) is 0 Å². The average Bonchev–Trinajstić information content (AvgIpc) is 2.72. The summed E-state index contributed by atoms with van der Waals surface area (Å²) >= 11 is 3.39. The summed E-state index contributed by atoms with van der Waals surface area (Å²) in [6, 6.07) is 12.2. The lowest BCUT2D eigenvalue weighted by molar-refractivity contribution is 0.917. The van der Waals surface area contributed by atoms with Crippen molar-refractivity contribution in [3.63, 3.8) is 0 Å². The number of hydrogen-bond acceptors (Lipinski definition) is 2. The van der Waals surface area contributed by atoms with Gasteiger partial charge in [-0.1, -0.05) is 30.3 Å². The summed E-state index contributed by atoms with van der Waals surface area (Å²) in [5.41, 5.74) is 3.07. The SMILES string of the molecule is Brc1cnc2cc(-c3ccccc3)cnn12. The Hall–Kier alpha value is -1.68. The molecule has 0 spiro atoms. The standard InChI is InChI=1S/C12H8BrN3/c13-11-8-14-12-6-10(7-15-16(11)12)9-4-2-1-3-5-9/h1-8H. The summed E-state index contributed by atoms with van der Waals surface area (Å²) in [6.07, 6.45) is 3.59. The zero-order valence-corrected chi connectivity index (χ0v) is 9.92. The van der Waals surface area contributed by atoms with Gasteiger partial charge in [0.2, 0.25) is 0 Å². The number of fused-ring (bicyclic) bond motifs is 1. The Balaban J connectivity index is 2.19. The number of rotatable bonds is 1. The van der Waals surface area contributed by atoms with Crippen molar-refractivity contribution in [1.82, 2.24) is 14.6 Å². The molecule has 0 saturated heterocycles. The van der Waals surface area contributed by atoms with Gasteiger partial charge in [0.15, 0.2) is 5.65 Å². The molecular formula is C12H8BrN3. The molecule has 0 aliphatic heterocycles. The molecule has 0 aliphatic rings. The third-order valence-corrected chi connectivity index (χ3v) is 2.97. The van der Waals surface area contributed by atoms with Crippen LogP contribution in [0.2, 0.25) is 0 Å². The van der Waals surface area contributed by atoms with E-state index in [0.717, 1.165) is 21.4 Å². The van der Waals surface area contributed by atoms with Crippen LogP contribution in [-0.2, 0) is 0 Å². The Morgan fingerprint density at radius 3 is 2.62 bits per heavy atom. The van der Waals surface area contributed by atoms with Crippen molar-refractivity contribution in [2.45, 2.75) is 0 Å². The monoisotopic (exact) mass is 273 g/mol. The first-order valence-corrected chi connectivity index (χ1v) is 5.68. The molecule has 2 aromatic heterocycles. The van der Waals surface area contributed by atoms with Gasteiger partial charge in [-0.05, 0) is 27.6 Å². The van der Waals surface area contributed by atoms with Gasteiger partial charge >= 0.3 is 0 Å². The minimum atomic E-state index is 0.841. The van der Waals surface area contributed by atoms with E-state index in [2.05, 4.69) is 38.1 Å². The molecule has 0 fully saturated rings. The third kappa shape index (κ3) is 1.51. The Morgan fingerprint density at radius 1 is 1.00 bits per heavy atom. The zero-order valence-electron chi connectivity index (χ0n) is 8.34. The maximum atomic E-state index is 4.32. The molecule has 3 nitrogen and oxygen atoms in total. The van der Waals surface area contributed by atoms with Gasteiger partial charge in [-0.2, -0.15) is 5.10 Å². The van der Waals surface area contributed by atoms with Crippen LogP contribution < -0.4 is 0 Å². The molecule has 0 atom stereocenters. The van der Waals surface area contributed by atoms with Crippen LogP contribution in [0.15, 0.2) is 53.4 Å². The van der Waals surface area contributed by atoms with Crippen LogP contribution in [-0.4, -0.2) is 14.6 Å². The quantitative estimate of drug-likeness (QED) is 0.682. The van der Waals surface area contributed by atoms with Gasteiger partial charge in [-0.3, -0.25) is 0 Å². The fraction of sp³-hybridized carbons (Fsp3) is 0. The molecule has 0 saturated carbocycles. The number of hydrogen-bond donors (Lipinski definition) is 0. The van der Waals surface area contributed by atoms with E-state index in [9.17, 15) is 0 Å². The molecule has 0 amide bonds. The van der Waals surface area contributed by atoms with Crippen LogP contribution in [0, 0.1) is 0 Å². The maximum Gasteiger partial charge on any atom is 0.155 e. The zero-order chi connectivity index (χ0) is 11.0. The van der Waals surface area contributed by atoms with Crippen LogP contribution in [0.3, 0.4) is 0 Å². The Bertz CT molecular complexity index is 631.